The second kappa shape index (κ2) is 6.03. The van der Waals surface area contributed by atoms with E-state index in [0.717, 1.165) is 5.56 Å². The number of hydrogen-bond acceptors (Lipinski definition) is 3. The Balaban J connectivity index is 3.46. The third kappa shape index (κ3) is 3.35. The largest absolute Gasteiger partial charge is 0.327 e. The maximum absolute atomic E-state index is 12.4. The Kier molecular flexibility index (Phi) is 5.12. The summed E-state index contributed by atoms with van der Waals surface area (Å²) in [5, 5.41) is 0. The molecule has 2 atom stereocenters. The van der Waals surface area contributed by atoms with Gasteiger partial charge in [0.2, 0.25) is 10.0 Å². The van der Waals surface area contributed by atoms with Crippen LogP contribution in [0.25, 0.3) is 0 Å². The van der Waals surface area contributed by atoms with Gasteiger partial charge in [-0.3, -0.25) is 0 Å². The molecule has 0 radical (unpaired) electrons. The van der Waals surface area contributed by atoms with Crippen molar-refractivity contribution in [1.29, 1.82) is 0 Å². The summed E-state index contributed by atoms with van der Waals surface area (Å²) < 4.78 is 26.0. The Morgan fingerprint density at radius 2 is 1.63 bits per heavy atom. The van der Waals surface area contributed by atoms with E-state index in [9.17, 15) is 8.42 Å². The van der Waals surface area contributed by atoms with Crippen LogP contribution in [0.2, 0.25) is 0 Å². The molecule has 2 unspecified atom stereocenters. The topological polar surface area (TPSA) is 63.4 Å². The summed E-state index contributed by atoms with van der Waals surface area (Å²) in [5.41, 5.74) is 6.86. The summed E-state index contributed by atoms with van der Waals surface area (Å²) in [6.07, 6.45) is 0. The minimum absolute atomic E-state index is 0.0194. The Hall–Kier alpha value is -0.910. The molecule has 108 valence electrons. The first-order chi connectivity index (χ1) is 8.69. The summed E-state index contributed by atoms with van der Waals surface area (Å²) in [5.74, 6) is 0.296. The van der Waals surface area contributed by atoms with Gasteiger partial charge < -0.3 is 5.73 Å². The van der Waals surface area contributed by atoms with E-state index in [1.165, 1.54) is 4.31 Å². The minimum atomic E-state index is -3.44. The van der Waals surface area contributed by atoms with Crippen LogP contribution in [0.5, 0.6) is 0 Å². The number of nitrogens with two attached hydrogens (primary N) is 1. The van der Waals surface area contributed by atoms with E-state index in [-0.39, 0.29) is 17.9 Å². The Morgan fingerprint density at radius 3 is 2.05 bits per heavy atom. The van der Waals surface area contributed by atoms with Gasteiger partial charge in [0.05, 0.1) is 4.90 Å². The van der Waals surface area contributed by atoms with E-state index in [4.69, 9.17) is 5.73 Å². The molecule has 0 fully saturated rings. The molecule has 0 saturated heterocycles. The molecular formula is C14H24N2O2S. The highest BCUT2D eigenvalue weighted by atomic mass is 32.2. The van der Waals surface area contributed by atoms with Crippen LogP contribution in [0.15, 0.2) is 29.2 Å². The zero-order chi connectivity index (χ0) is 14.8. The Morgan fingerprint density at radius 1 is 1.11 bits per heavy atom. The summed E-state index contributed by atoms with van der Waals surface area (Å²) in [6.45, 7) is 6.05. The molecule has 0 spiro atoms. The molecule has 0 aliphatic carbocycles. The average molecular weight is 284 g/mol. The molecule has 0 amide bonds. The lowest BCUT2D eigenvalue weighted by atomic mass is 9.83. The van der Waals surface area contributed by atoms with Crippen molar-refractivity contribution >= 4 is 10.0 Å². The average Bonchev–Trinajstić information content (AvgIpc) is 2.28. The van der Waals surface area contributed by atoms with Crippen LogP contribution in [0.1, 0.15) is 32.3 Å². The van der Waals surface area contributed by atoms with Gasteiger partial charge >= 0.3 is 0 Å². The van der Waals surface area contributed by atoms with Gasteiger partial charge in [0.1, 0.15) is 0 Å². The lowest BCUT2D eigenvalue weighted by Crippen LogP contribution is -2.31. The molecular weight excluding hydrogens is 260 g/mol. The van der Waals surface area contributed by atoms with Crippen LogP contribution >= 0.6 is 0 Å². The summed E-state index contributed by atoms with van der Waals surface area (Å²) in [7, 11) is -0.354. The molecule has 4 nitrogen and oxygen atoms in total. The van der Waals surface area contributed by atoms with Crippen molar-refractivity contribution in [1.82, 2.24) is 4.31 Å². The second-order valence-electron chi connectivity index (χ2n) is 5.45. The summed E-state index contributed by atoms with van der Waals surface area (Å²) in [6, 6.07) is 7.03. The van der Waals surface area contributed by atoms with Crippen LogP contribution < -0.4 is 5.73 Å². The quantitative estimate of drug-likeness (QED) is 0.899. The van der Waals surface area contributed by atoms with Crippen molar-refractivity contribution in [3.05, 3.63) is 29.8 Å². The van der Waals surface area contributed by atoms with E-state index >= 15 is 0 Å². The molecule has 0 bridgehead atoms. The Bertz CT molecular complexity index is 514. The first-order valence-corrected chi connectivity index (χ1v) is 7.90. The lowest BCUT2D eigenvalue weighted by molar-refractivity contribution is 0.427. The van der Waals surface area contributed by atoms with Gasteiger partial charge in [0.25, 0.3) is 0 Å². The highest BCUT2D eigenvalue weighted by Gasteiger charge is 2.28. The molecule has 19 heavy (non-hydrogen) atoms. The zero-order valence-corrected chi connectivity index (χ0v) is 13.1. The fraction of sp³-hybridized carbons (Fsp3) is 0.571. The third-order valence-corrected chi connectivity index (χ3v) is 5.21. The predicted molar refractivity (Wildman–Crippen MR) is 78.5 cm³/mol. The number of rotatable bonds is 5. The van der Waals surface area contributed by atoms with Crippen molar-refractivity contribution in [2.24, 2.45) is 11.7 Å². The predicted octanol–water partition coefficient (Wildman–Crippen LogP) is 2.02. The molecule has 0 aromatic heterocycles. The fourth-order valence-corrected chi connectivity index (χ4v) is 3.58. The molecule has 5 heteroatoms. The van der Waals surface area contributed by atoms with Crippen LogP contribution in [0.3, 0.4) is 0 Å². The summed E-state index contributed by atoms with van der Waals surface area (Å²) >= 11 is 0. The van der Waals surface area contributed by atoms with Gasteiger partial charge in [0, 0.05) is 26.1 Å². The maximum Gasteiger partial charge on any atom is 0.242 e. The van der Waals surface area contributed by atoms with Crippen molar-refractivity contribution in [3.8, 4) is 0 Å². The molecule has 0 aliphatic rings. The van der Waals surface area contributed by atoms with Crippen molar-refractivity contribution in [3.63, 3.8) is 0 Å². The molecule has 1 aromatic carbocycles. The van der Waals surface area contributed by atoms with Gasteiger partial charge in [-0.25, -0.2) is 12.7 Å². The third-order valence-electron chi connectivity index (χ3n) is 3.32. The first kappa shape index (κ1) is 16.1. The standard InChI is InChI=1S/C14H24N2O2S/c1-10(2)14(11(3)15)12-8-6-7-9-13(12)19(17,18)16(4)5/h6-11,14H,15H2,1-5H3. The molecule has 1 aromatic rings. The monoisotopic (exact) mass is 284 g/mol. The fourth-order valence-electron chi connectivity index (χ4n) is 2.44. The number of benzene rings is 1. The molecule has 2 N–H and O–H groups in total. The van der Waals surface area contributed by atoms with Crippen LogP contribution in [0.4, 0.5) is 0 Å². The van der Waals surface area contributed by atoms with Gasteiger partial charge in [-0.05, 0) is 24.5 Å². The zero-order valence-electron chi connectivity index (χ0n) is 12.3. The highest BCUT2D eigenvalue weighted by Crippen LogP contribution is 2.32. The van der Waals surface area contributed by atoms with E-state index < -0.39 is 10.0 Å². The minimum Gasteiger partial charge on any atom is -0.327 e. The van der Waals surface area contributed by atoms with Crippen molar-refractivity contribution in [2.45, 2.75) is 37.6 Å². The SMILES string of the molecule is CC(C)C(c1ccccc1S(=O)(=O)N(C)C)C(C)N. The van der Waals surface area contributed by atoms with Crippen LogP contribution in [-0.2, 0) is 10.0 Å². The molecule has 0 saturated carbocycles. The molecule has 1 rings (SSSR count). The van der Waals surface area contributed by atoms with Crippen molar-refractivity contribution in [2.75, 3.05) is 14.1 Å². The van der Waals surface area contributed by atoms with Gasteiger partial charge in [-0.2, -0.15) is 0 Å². The van der Waals surface area contributed by atoms with Gasteiger partial charge in [-0.1, -0.05) is 32.0 Å². The maximum atomic E-state index is 12.4. The van der Waals surface area contributed by atoms with Crippen LogP contribution in [-0.4, -0.2) is 32.9 Å². The molecule has 0 heterocycles. The number of nitrogens with zero attached hydrogens (tertiary/aromatic N) is 1. The van der Waals surface area contributed by atoms with Crippen molar-refractivity contribution < 1.29 is 8.42 Å². The normalized spacial score (nSPS) is 15.8. The van der Waals surface area contributed by atoms with E-state index in [0.29, 0.717) is 4.90 Å². The van der Waals surface area contributed by atoms with Gasteiger partial charge in [-0.15, -0.1) is 0 Å². The molecule has 0 aliphatic heterocycles. The number of hydrogen-bond donors (Lipinski definition) is 1. The number of sulfonamides is 1. The summed E-state index contributed by atoms with van der Waals surface area (Å²) in [4.78, 5) is 0.357. The highest BCUT2D eigenvalue weighted by molar-refractivity contribution is 7.89. The second-order valence-corrected chi connectivity index (χ2v) is 7.57. The smallest absolute Gasteiger partial charge is 0.242 e. The lowest BCUT2D eigenvalue weighted by Gasteiger charge is -2.28. The van der Waals surface area contributed by atoms with E-state index in [1.54, 1.807) is 26.2 Å². The van der Waals surface area contributed by atoms with Gasteiger partial charge in [0.15, 0.2) is 0 Å². The Labute approximate surface area is 116 Å². The van der Waals surface area contributed by atoms with E-state index in [1.807, 2.05) is 19.1 Å². The van der Waals surface area contributed by atoms with Crippen LogP contribution in [0, 0.1) is 5.92 Å². The first-order valence-electron chi connectivity index (χ1n) is 6.46. The van der Waals surface area contributed by atoms with E-state index in [2.05, 4.69) is 13.8 Å².